The predicted octanol–water partition coefficient (Wildman–Crippen LogP) is 2.70. The number of anilines is 1. The molecule has 3 aromatic heterocycles. The number of hydrogen-bond donors (Lipinski definition) is 3. The smallest absolute Gasteiger partial charge is 0.150 e. The number of aromatic amines is 1. The summed E-state index contributed by atoms with van der Waals surface area (Å²) in [6.07, 6.45) is 4.85. The fourth-order valence-corrected chi connectivity index (χ4v) is 3.56. The lowest BCUT2D eigenvalue weighted by Crippen LogP contribution is -2.27. The molecule has 0 unspecified atom stereocenters. The summed E-state index contributed by atoms with van der Waals surface area (Å²) in [4.78, 5) is 12.5. The SMILES string of the molecule is Nc1nccn2c1c(-c1cc3ccccc3[nH]1)nc2[C@H]1C[C@@H](O)C1. The Hall–Kier alpha value is -2.86. The normalized spacial score (nSPS) is 20.5. The van der Waals surface area contributed by atoms with Crippen LogP contribution >= 0.6 is 0 Å². The van der Waals surface area contributed by atoms with Gasteiger partial charge in [0, 0.05) is 29.2 Å². The van der Waals surface area contributed by atoms with E-state index in [1.54, 1.807) is 6.20 Å². The lowest BCUT2D eigenvalue weighted by atomic mass is 9.82. The Balaban J connectivity index is 1.75. The van der Waals surface area contributed by atoms with E-state index in [9.17, 15) is 5.11 Å². The molecule has 0 spiro atoms. The second kappa shape index (κ2) is 4.82. The number of aliphatic hydroxyl groups excluding tert-OH is 1. The second-order valence-electron chi connectivity index (χ2n) is 6.44. The number of benzene rings is 1. The summed E-state index contributed by atoms with van der Waals surface area (Å²) < 4.78 is 2.01. The van der Waals surface area contributed by atoms with Gasteiger partial charge in [-0.25, -0.2) is 9.97 Å². The van der Waals surface area contributed by atoms with Crippen LogP contribution in [-0.4, -0.2) is 30.6 Å². The van der Waals surface area contributed by atoms with Gasteiger partial charge in [-0.2, -0.15) is 0 Å². The molecule has 1 aromatic carbocycles. The molecule has 6 nitrogen and oxygen atoms in total. The van der Waals surface area contributed by atoms with Crippen molar-refractivity contribution in [2.24, 2.45) is 0 Å². The molecule has 120 valence electrons. The molecule has 1 fully saturated rings. The van der Waals surface area contributed by atoms with Gasteiger partial charge in [-0.1, -0.05) is 18.2 Å². The van der Waals surface area contributed by atoms with Crippen LogP contribution in [0.3, 0.4) is 0 Å². The van der Waals surface area contributed by atoms with E-state index < -0.39 is 0 Å². The molecule has 0 atom stereocenters. The Bertz CT molecular complexity index is 1020. The van der Waals surface area contributed by atoms with Crippen LogP contribution in [0.5, 0.6) is 0 Å². The Morgan fingerprint density at radius 1 is 1.25 bits per heavy atom. The van der Waals surface area contributed by atoms with Gasteiger partial charge in [0.1, 0.15) is 22.9 Å². The second-order valence-corrected chi connectivity index (χ2v) is 6.44. The first kappa shape index (κ1) is 13.6. The maximum absolute atomic E-state index is 9.65. The van der Waals surface area contributed by atoms with Crippen LogP contribution in [-0.2, 0) is 0 Å². The van der Waals surface area contributed by atoms with Gasteiger partial charge >= 0.3 is 0 Å². The summed E-state index contributed by atoms with van der Waals surface area (Å²) in [6, 6.07) is 10.2. The average Bonchev–Trinajstić information content (AvgIpc) is 3.14. The van der Waals surface area contributed by atoms with Crippen molar-refractivity contribution >= 4 is 22.2 Å². The van der Waals surface area contributed by atoms with Crippen LogP contribution in [0.25, 0.3) is 27.8 Å². The highest BCUT2D eigenvalue weighted by Gasteiger charge is 2.33. The molecule has 0 bridgehead atoms. The van der Waals surface area contributed by atoms with Crippen molar-refractivity contribution in [2.45, 2.75) is 24.9 Å². The van der Waals surface area contributed by atoms with Crippen LogP contribution in [0.1, 0.15) is 24.6 Å². The molecule has 24 heavy (non-hydrogen) atoms. The van der Waals surface area contributed by atoms with E-state index in [4.69, 9.17) is 10.7 Å². The lowest BCUT2D eigenvalue weighted by molar-refractivity contribution is 0.0715. The van der Waals surface area contributed by atoms with Gasteiger partial charge in [-0.05, 0) is 25.0 Å². The molecule has 6 heteroatoms. The minimum absolute atomic E-state index is 0.224. The molecule has 4 aromatic rings. The van der Waals surface area contributed by atoms with Gasteiger partial charge in [-0.15, -0.1) is 0 Å². The number of aliphatic hydroxyl groups is 1. The molecule has 0 saturated heterocycles. The fraction of sp³-hybridized carbons (Fsp3) is 0.222. The highest BCUT2D eigenvalue weighted by molar-refractivity contribution is 5.91. The number of H-pyrrole nitrogens is 1. The zero-order chi connectivity index (χ0) is 16.3. The van der Waals surface area contributed by atoms with Crippen LogP contribution in [0, 0.1) is 0 Å². The summed E-state index contributed by atoms with van der Waals surface area (Å²) in [5.74, 6) is 1.66. The maximum atomic E-state index is 9.65. The van der Waals surface area contributed by atoms with Gasteiger partial charge < -0.3 is 15.8 Å². The zero-order valence-corrected chi connectivity index (χ0v) is 13.0. The molecule has 1 aliphatic rings. The number of nitrogens with one attached hydrogen (secondary N) is 1. The van der Waals surface area contributed by atoms with E-state index in [-0.39, 0.29) is 12.0 Å². The van der Waals surface area contributed by atoms with Crippen LogP contribution in [0.15, 0.2) is 42.7 Å². The van der Waals surface area contributed by atoms with Crippen molar-refractivity contribution in [2.75, 3.05) is 5.73 Å². The quantitative estimate of drug-likeness (QED) is 0.529. The number of para-hydroxylation sites is 1. The minimum Gasteiger partial charge on any atom is -0.393 e. The van der Waals surface area contributed by atoms with Crippen molar-refractivity contribution < 1.29 is 5.11 Å². The molecule has 3 heterocycles. The Morgan fingerprint density at radius 2 is 2.08 bits per heavy atom. The largest absolute Gasteiger partial charge is 0.393 e. The number of rotatable bonds is 2. The minimum atomic E-state index is -0.224. The van der Waals surface area contributed by atoms with E-state index in [1.165, 1.54) is 0 Å². The molecular weight excluding hydrogens is 302 g/mol. The van der Waals surface area contributed by atoms with Gasteiger partial charge in [-0.3, -0.25) is 4.40 Å². The lowest BCUT2D eigenvalue weighted by Gasteiger charge is -2.30. The molecule has 5 rings (SSSR count). The molecule has 1 aliphatic carbocycles. The highest BCUT2D eigenvalue weighted by atomic mass is 16.3. The molecule has 0 radical (unpaired) electrons. The number of nitrogens with two attached hydrogens (primary N) is 1. The van der Waals surface area contributed by atoms with E-state index in [2.05, 4.69) is 22.1 Å². The first-order chi connectivity index (χ1) is 11.7. The Morgan fingerprint density at radius 3 is 2.88 bits per heavy atom. The van der Waals surface area contributed by atoms with Crippen LogP contribution < -0.4 is 5.73 Å². The predicted molar refractivity (Wildman–Crippen MR) is 92.7 cm³/mol. The maximum Gasteiger partial charge on any atom is 0.150 e. The standard InChI is InChI=1S/C18H17N5O/c19-17-16-15(14-9-10-3-1-2-4-13(10)21-14)22-18(11-7-12(24)8-11)23(16)6-5-20-17/h1-6,9,11-12,21,24H,7-8H2,(H2,19,20)/t11-,12+. The third-order valence-electron chi connectivity index (χ3n) is 4.87. The van der Waals surface area contributed by atoms with E-state index in [1.807, 2.05) is 28.8 Å². The molecule has 1 saturated carbocycles. The summed E-state index contributed by atoms with van der Waals surface area (Å²) in [7, 11) is 0. The van der Waals surface area contributed by atoms with Crippen molar-refractivity contribution in [1.29, 1.82) is 0 Å². The van der Waals surface area contributed by atoms with Crippen molar-refractivity contribution in [3.8, 4) is 11.4 Å². The van der Waals surface area contributed by atoms with Gasteiger partial charge in [0.2, 0.25) is 0 Å². The Labute approximate surface area is 138 Å². The number of hydrogen-bond acceptors (Lipinski definition) is 4. The number of nitrogen functional groups attached to an aromatic ring is 1. The third kappa shape index (κ3) is 1.86. The average molecular weight is 319 g/mol. The molecule has 0 aliphatic heterocycles. The first-order valence-electron chi connectivity index (χ1n) is 8.09. The number of nitrogens with zero attached hydrogens (tertiary/aromatic N) is 3. The van der Waals surface area contributed by atoms with Crippen molar-refractivity contribution in [3.05, 3.63) is 48.5 Å². The van der Waals surface area contributed by atoms with Gasteiger partial charge in [0.15, 0.2) is 0 Å². The van der Waals surface area contributed by atoms with Crippen molar-refractivity contribution in [3.63, 3.8) is 0 Å². The molecule has 0 amide bonds. The monoisotopic (exact) mass is 319 g/mol. The van der Waals surface area contributed by atoms with Gasteiger partial charge in [0.25, 0.3) is 0 Å². The van der Waals surface area contributed by atoms with Crippen LogP contribution in [0.2, 0.25) is 0 Å². The Kier molecular flexibility index (Phi) is 2.72. The summed E-state index contributed by atoms with van der Waals surface area (Å²) in [5, 5.41) is 10.8. The van der Waals surface area contributed by atoms with E-state index >= 15 is 0 Å². The topological polar surface area (TPSA) is 92.2 Å². The van der Waals surface area contributed by atoms with E-state index in [0.29, 0.717) is 5.82 Å². The number of fused-ring (bicyclic) bond motifs is 2. The van der Waals surface area contributed by atoms with Crippen LogP contribution in [0.4, 0.5) is 5.82 Å². The number of imidazole rings is 1. The van der Waals surface area contributed by atoms with Crippen molar-refractivity contribution in [1.82, 2.24) is 19.4 Å². The first-order valence-corrected chi connectivity index (χ1v) is 8.09. The van der Waals surface area contributed by atoms with Gasteiger partial charge in [0.05, 0.1) is 11.8 Å². The van der Waals surface area contributed by atoms with E-state index in [0.717, 1.165) is 46.5 Å². The fourth-order valence-electron chi connectivity index (χ4n) is 3.56. The summed E-state index contributed by atoms with van der Waals surface area (Å²) in [5.41, 5.74) is 9.78. The molecule has 4 N–H and O–H groups in total. The number of aromatic nitrogens is 4. The zero-order valence-electron chi connectivity index (χ0n) is 13.0. The molecular formula is C18H17N5O. The summed E-state index contributed by atoms with van der Waals surface area (Å²) >= 11 is 0. The highest BCUT2D eigenvalue weighted by Crippen LogP contribution is 2.39. The summed E-state index contributed by atoms with van der Waals surface area (Å²) in [6.45, 7) is 0. The third-order valence-corrected chi connectivity index (χ3v) is 4.87.